The lowest BCUT2D eigenvalue weighted by Crippen LogP contribution is -2.22. The molecule has 0 fully saturated rings. The minimum atomic E-state index is -3.40. The summed E-state index contributed by atoms with van der Waals surface area (Å²) < 4.78 is 25.2. The van der Waals surface area contributed by atoms with Crippen molar-refractivity contribution in [1.29, 1.82) is 0 Å². The van der Waals surface area contributed by atoms with E-state index in [1.54, 1.807) is 36.8 Å². The van der Waals surface area contributed by atoms with Gasteiger partial charge in [-0.1, -0.05) is 12.1 Å². The number of sulfonamides is 1. The fourth-order valence-corrected chi connectivity index (χ4v) is 2.92. The Hall–Kier alpha value is -2.25. The minimum Gasteiger partial charge on any atom is -0.343 e. The molecule has 0 amide bonds. The molecule has 108 valence electrons. The summed E-state index contributed by atoms with van der Waals surface area (Å²) in [5, 5.41) is 0. The molecule has 0 bridgehead atoms. The van der Waals surface area contributed by atoms with Crippen LogP contribution in [0.4, 0.5) is 0 Å². The summed E-state index contributed by atoms with van der Waals surface area (Å²) >= 11 is 0. The van der Waals surface area contributed by atoms with E-state index in [1.807, 2.05) is 6.07 Å². The highest BCUT2D eigenvalue weighted by atomic mass is 32.2. The van der Waals surface area contributed by atoms with Crippen LogP contribution in [-0.4, -0.2) is 41.8 Å². The van der Waals surface area contributed by atoms with E-state index >= 15 is 0 Å². The summed E-state index contributed by atoms with van der Waals surface area (Å²) in [5.74, 6) is 0. The first-order valence-corrected chi connectivity index (χ1v) is 7.74. The van der Waals surface area contributed by atoms with Crippen LogP contribution in [0.3, 0.4) is 0 Å². The van der Waals surface area contributed by atoms with Gasteiger partial charge in [0.2, 0.25) is 10.0 Å². The third kappa shape index (κ3) is 2.41. The van der Waals surface area contributed by atoms with Crippen molar-refractivity contribution in [3.8, 4) is 11.1 Å². The fourth-order valence-electron chi connectivity index (χ4n) is 2.02. The zero-order chi connectivity index (χ0) is 15.0. The average molecular weight is 302 g/mol. The predicted octanol–water partition coefficient (Wildman–Crippen LogP) is 1.88. The van der Waals surface area contributed by atoms with Crippen LogP contribution in [0.2, 0.25) is 0 Å². The van der Waals surface area contributed by atoms with Crippen LogP contribution in [0.1, 0.15) is 0 Å². The first-order chi connectivity index (χ1) is 9.98. The summed E-state index contributed by atoms with van der Waals surface area (Å²) in [4.78, 5) is 11.6. The topological polar surface area (TPSA) is 79.0 Å². The van der Waals surface area contributed by atoms with Gasteiger partial charge in [0, 0.05) is 25.9 Å². The molecule has 3 rings (SSSR count). The van der Waals surface area contributed by atoms with E-state index < -0.39 is 10.0 Å². The number of fused-ring (bicyclic) bond motifs is 1. The van der Waals surface area contributed by atoms with Crippen LogP contribution >= 0.6 is 0 Å². The highest BCUT2D eigenvalue weighted by molar-refractivity contribution is 7.89. The lowest BCUT2D eigenvalue weighted by atomic mass is 10.1. The van der Waals surface area contributed by atoms with E-state index in [4.69, 9.17) is 0 Å². The summed E-state index contributed by atoms with van der Waals surface area (Å²) in [6.45, 7) is 0. The van der Waals surface area contributed by atoms with Crippen molar-refractivity contribution in [2.75, 3.05) is 14.1 Å². The minimum absolute atomic E-state index is 0.270. The largest absolute Gasteiger partial charge is 0.343 e. The Balaban J connectivity index is 2.00. The zero-order valence-corrected chi connectivity index (χ0v) is 12.4. The Kier molecular flexibility index (Phi) is 3.23. The molecule has 0 atom stereocenters. The number of H-pyrrole nitrogens is 1. The number of hydrogen-bond donors (Lipinski definition) is 1. The molecule has 3 aromatic rings. The predicted molar refractivity (Wildman–Crippen MR) is 80.2 cm³/mol. The molecule has 6 nitrogen and oxygen atoms in total. The van der Waals surface area contributed by atoms with Crippen LogP contribution in [0.15, 0.2) is 47.8 Å². The number of aromatic nitrogens is 3. The molecular weight excluding hydrogens is 288 g/mol. The molecule has 0 unspecified atom stereocenters. The van der Waals surface area contributed by atoms with Crippen molar-refractivity contribution >= 4 is 21.2 Å². The molecule has 21 heavy (non-hydrogen) atoms. The van der Waals surface area contributed by atoms with E-state index in [0.29, 0.717) is 5.65 Å². The molecule has 2 heterocycles. The molecule has 0 saturated heterocycles. The lowest BCUT2D eigenvalue weighted by molar-refractivity contribution is 0.521. The normalized spacial score (nSPS) is 12.1. The van der Waals surface area contributed by atoms with Crippen LogP contribution < -0.4 is 0 Å². The molecule has 1 aromatic carbocycles. The van der Waals surface area contributed by atoms with Gasteiger partial charge < -0.3 is 4.98 Å². The fraction of sp³-hybridized carbons (Fsp3) is 0.143. The molecule has 0 aliphatic rings. The maximum absolute atomic E-state index is 12.0. The number of nitrogens with zero attached hydrogens (tertiary/aromatic N) is 3. The standard InChI is InChI=1S/C14H14N4O2S/c1-18(2)21(19,20)12-5-3-10(4-6-12)11-7-13-14(15-8-11)17-9-16-13/h3-9H,1-2H3,(H,15,16,17). The summed E-state index contributed by atoms with van der Waals surface area (Å²) in [6.07, 6.45) is 3.31. The second-order valence-corrected chi connectivity index (χ2v) is 6.96. The van der Waals surface area contributed by atoms with Crippen molar-refractivity contribution in [1.82, 2.24) is 19.3 Å². The molecule has 0 aliphatic carbocycles. The SMILES string of the molecule is CN(C)S(=O)(=O)c1ccc(-c2cnc3nc[nH]c3c2)cc1. The molecule has 0 saturated carbocycles. The molecule has 1 N–H and O–H groups in total. The number of pyridine rings is 1. The third-order valence-corrected chi connectivity index (χ3v) is 5.07. The highest BCUT2D eigenvalue weighted by Gasteiger charge is 2.16. The van der Waals surface area contributed by atoms with E-state index in [1.165, 1.54) is 18.4 Å². The van der Waals surface area contributed by atoms with Gasteiger partial charge in [0.25, 0.3) is 0 Å². The van der Waals surface area contributed by atoms with E-state index in [0.717, 1.165) is 16.6 Å². The van der Waals surface area contributed by atoms with E-state index in [2.05, 4.69) is 15.0 Å². The molecule has 0 spiro atoms. The first-order valence-electron chi connectivity index (χ1n) is 6.30. The highest BCUT2D eigenvalue weighted by Crippen LogP contribution is 2.23. The summed E-state index contributed by atoms with van der Waals surface area (Å²) in [6, 6.07) is 8.68. The quantitative estimate of drug-likeness (QED) is 0.801. The Labute approximate surface area is 122 Å². The van der Waals surface area contributed by atoms with Gasteiger partial charge in [0.1, 0.15) is 0 Å². The number of hydrogen-bond acceptors (Lipinski definition) is 4. The Bertz CT molecular complexity index is 883. The number of nitrogens with one attached hydrogen (secondary N) is 1. The number of aromatic amines is 1. The Morgan fingerprint density at radius 1 is 1.05 bits per heavy atom. The lowest BCUT2D eigenvalue weighted by Gasteiger charge is -2.11. The van der Waals surface area contributed by atoms with Gasteiger partial charge in [-0.3, -0.25) is 0 Å². The van der Waals surface area contributed by atoms with Crippen LogP contribution in [0, 0.1) is 0 Å². The van der Waals surface area contributed by atoms with Crippen molar-refractivity contribution in [3.63, 3.8) is 0 Å². The van der Waals surface area contributed by atoms with Gasteiger partial charge in [-0.05, 0) is 23.8 Å². The van der Waals surface area contributed by atoms with Gasteiger partial charge in [0.15, 0.2) is 5.65 Å². The molecule has 0 aliphatic heterocycles. The van der Waals surface area contributed by atoms with Crippen molar-refractivity contribution < 1.29 is 8.42 Å². The average Bonchev–Trinajstić information content (AvgIpc) is 2.94. The maximum Gasteiger partial charge on any atom is 0.242 e. The molecule has 7 heteroatoms. The van der Waals surface area contributed by atoms with Gasteiger partial charge in [-0.2, -0.15) is 0 Å². The summed E-state index contributed by atoms with van der Waals surface area (Å²) in [5.41, 5.74) is 3.31. The van der Waals surface area contributed by atoms with Crippen LogP contribution in [0.5, 0.6) is 0 Å². The Morgan fingerprint density at radius 2 is 1.76 bits per heavy atom. The van der Waals surface area contributed by atoms with Gasteiger partial charge >= 0.3 is 0 Å². The van der Waals surface area contributed by atoms with E-state index in [-0.39, 0.29) is 4.90 Å². The first kappa shape index (κ1) is 13.7. The maximum atomic E-state index is 12.0. The number of imidazole rings is 1. The third-order valence-electron chi connectivity index (χ3n) is 3.24. The van der Waals surface area contributed by atoms with E-state index in [9.17, 15) is 8.42 Å². The van der Waals surface area contributed by atoms with Crippen LogP contribution in [-0.2, 0) is 10.0 Å². The summed E-state index contributed by atoms with van der Waals surface area (Å²) in [7, 11) is -0.374. The second kappa shape index (κ2) is 4.94. The van der Waals surface area contributed by atoms with Crippen LogP contribution in [0.25, 0.3) is 22.3 Å². The number of benzene rings is 1. The van der Waals surface area contributed by atoms with Crippen molar-refractivity contribution in [3.05, 3.63) is 42.9 Å². The van der Waals surface area contributed by atoms with Crippen molar-refractivity contribution in [2.24, 2.45) is 0 Å². The van der Waals surface area contributed by atoms with Gasteiger partial charge in [0.05, 0.1) is 16.7 Å². The molecule has 0 radical (unpaired) electrons. The monoisotopic (exact) mass is 302 g/mol. The number of rotatable bonds is 3. The molecular formula is C14H14N4O2S. The van der Waals surface area contributed by atoms with Gasteiger partial charge in [-0.25, -0.2) is 22.7 Å². The van der Waals surface area contributed by atoms with Gasteiger partial charge in [-0.15, -0.1) is 0 Å². The molecule has 2 aromatic heterocycles. The zero-order valence-electron chi connectivity index (χ0n) is 11.6. The van der Waals surface area contributed by atoms with Crippen molar-refractivity contribution in [2.45, 2.75) is 4.90 Å². The Morgan fingerprint density at radius 3 is 2.43 bits per heavy atom. The smallest absolute Gasteiger partial charge is 0.242 e. The second-order valence-electron chi connectivity index (χ2n) is 4.81.